The Bertz CT molecular complexity index is 1380. The van der Waals surface area contributed by atoms with Crippen LogP contribution in [0.15, 0.2) is 91.3 Å². The number of nitrogens with one attached hydrogen (secondary N) is 2. The Hall–Kier alpha value is -3.75. The van der Waals surface area contributed by atoms with Crippen LogP contribution in [0.2, 0.25) is 5.02 Å². The van der Waals surface area contributed by atoms with Gasteiger partial charge in [-0.25, -0.2) is 4.39 Å². The summed E-state index contributed by atoms with van der Waals surface area (Å²) in [5, 5.41) is 7.41. The molecule has 2 N–H and O–H groups in total. The van der Waals surface area contributed by atoms with Gasteiger partial charge in [-0.1, -0.05) is 23.7 Å². The van der Waals surface area contributed by atoms with Gasteiger partial charge in [0.25, 0.3) is 0 Å². The van der Waals surface area contributed by atoms with Crippen LogP contribution in [0.3, 0.4) is 0 Å². The quantitative estimate of drug-likeness (QED) is 0.308. The molecular weight excluding hydrogens is 497 g/mol. The number of thiocarbonyl (C=S) groups is 1. The van der Waals surface area contributed by atoms with Crippen molar-refractivity contribution in [2.24, 2.45) is 0 Å². The predicted molar refractivity (Wildman–Crippen MR) is 143 cm³/mol. The minimum absolute atomic E-state index is 0.185. The molecule has 3 heterocycles. The van der Waals surface area contributed by atoms with Crippen LogP contribution in [0.5, 0.6) is 0 Å². The molecule has 2 atom stereocenters. The van der Waals surface area contributed by atoms with Crippen molar-refractivity contribution in [3.05, 3.63) is 113 Å². The van der Waals surface area contributed by atoms with Gasteiger partial charge in [-0.05, 0) is 78.9 Å². The van der Waals surface area contributed by atoms with E-state index in [0.717, 1.165) is 17.1 Å². The number of benzene rings is 2. The normalized spacial score (nSPS) is 17.2. The molecule has 0 aliphatic carbocycles. The minimum atomic E-state index is -0.354. The molecule has 0 unspecified atom stereocenters. The van der Waals surface area contributed by atoms with Crippen molar-refractivity contribution in [1.29, 1.82) is 0 Å². The average molecular weight is 520 g/mol. The van der Waals surface area contributed by atoms with E-state index in [1.165, 1.54) is 24.3 Å². The van der Waals surface area contributed by atoms with Crippen molar-refractivity contribution >= 4 is 40.5 Å². The van der Waals surface area contributed by atoms with E-state index < -0.39 is 0 Å². The standard InChI is InChI=1S/C27H23ClFN5OS/c28-18-5-3-6-21(17-18)33-15-4-8-23(33)26-25(22-7-1-2-14-30-22)32-27(36)34(26)16-13-24(35)31-20-11-9-19(29)10-12-20/h1-12,14-15,17,25-26H,13,16H2,(H,31,35)(H,32,36)/t25-,26-/m0/s1. The summed E-state index contributed by atoms with van der Waals surface area (Å²) in [6, 6.07) is 22.7. The fraction of sp³-hybridized carbons (Fsp3) is 0.148. The van der Waals surface area contributed by atoms with E-state index in [0.29, 0.717) is 22.4 Å². The van der Waals surface area contributed by atoms with Gasteiger partial charge in [0, 0.05) is 47.5 Å². The van der Waals surface area contributed by atoms with E-state index in [2.05, 4.69) is 20.2 Å². The van der Waals surface area contributed by atoms with E-state index >= 15 is 0 Å². The first-order chi connectivity index (χ1) is 17.5. The Morgan fingerprint density at radius 1 is 1.08 bits per heavy atom. The van der Waals surface area contributed by atoms with Crippen LogP contribution >= 0.6 is 23.8 Å². The number of halogens is 2. The Kier molecular flexibility index (Phi) is 6.97. The van der Waals surface area contributed by atoms with Crippen molar-refractivity contribution < 1.29 is 9.18 Å². The predicted octanol–water partition coefficient (Wildman–Crippen LogP) is 5.67. The Labute approximate surface area is 218 Å². The third-order valence-corrected chi connectivity index (χ3v) is 6.66. The molecular formula is C27H23ClFN5OS. The molecule has 1 aliphatic rings. The Balaban J connectivity index is 1.44. The van der Waals surface area contributed by atoms with Crippen LogP contribution in [-0.2, 0) is 4.79 Å². The summed E-state index contributed by atoms with van der Waals surface area (Å²) in [5.41, 5.74) is 3.30. The summed E-state index contributed by atoms with van der Waals surface area (Å²) < 4.78 is 15.3. The monoisotopic (exact) mass is 519 g/mol. The molecule has 2 aromatic carbocycles. The number of aromatic nitrogens is 2. The minimum Gasteiger partial charge on any atom is -0.352 e. The molecule has 0 saturated carbocycles. The maximum Gasteiger partial charge on any atom is 0.226 e. The highest BCUT2D eigenvalue weighted by molar-refractivity contribution is 7.80. The van der Waals surface area contributed by atoms with Crippen LogP contribution in [-0.4, -0.2) is 32.0 Å². The molecule has 1 amide bonds. The average Bonchev–Trinajstić information content (AvgIpc) is 3.49. The SMILES string of the molecule is O=C(CCN1C(=S)N[C@@H](c2ccccn2)[C@@H]1c1cccn1-c1cccc(Cl)c1)Nc1ccc(F)cc1. The van der Waals surface area contributed by atoms with Crippen LogP contribution in [0.25, 0.3) is 5.69 Å². The number of amides is 1. The molecule has 2 aromatic heterocycles. The molecule has 5 rings (SSSR count). The van der Waals surface area contributed by atoms with E-state index in [1.54, 1.807) is 6.20 Å². The van der Waals surface area contributed by atoms with Gasteiger partial charge in [0.1, 0.15) is 5.82 Å². The molecule has 0 radical (unpaired) electrons. The molecule has 1 aliphatic heterocycles. The molecule has 0 bridgehead atoms. The highest BCUT2D eigenvalue weighted by Gasteiger charge is 2.41. The van der Waals surface area contributed by atoms with Crippen LogP contribution in [0.4, 0.5) is 10.1 Å². The summed E-state index contributed by atoms with van der Waals surface area (Å²) in [6.45, 7) is 0.383. The third-order valence-electron chi connectivity index (χ3n) is 6.08. The van der Waals surface area contributed by atoms with Gasteiger partial charge in [-0.3, -0.25) is 9.78 Å². The number of anilines is 1. The topological polar surface area (TPSA) is 62.2 Å². The first kappa shape index (κ1) is 24.0. The van der Waals surface area contributed by atoms with Gasteiger partial charge >= 0.3 is 0 Å². The third kappa shape index (κ3) is 5.10. The molecule has 9 heteroatoms. The highest BCUT2D eigenvalue weighted by atomic mass is 35.5. The van der Waals surface area contributed by atoms with E-state index in [9.17, 15) is 9.18 Å². The number of hydrogen-bond donors (Lipinski definition) is 2. The Morgan fingerprint density at radius 2 is 1.92 bits per heavy atom. The second-order valence-electron chi connectivity index (χ2n) is 8.41. The number of hydrogen-bond acceptors (Lipinski definition) is 3. The summed E-state index contributed by atoms with van der Waals surface area (Å²) in [5.74, 6) is -0.540. The van der Waals surface area contributed by atoms with Crippen LogP contribution in [0, 0.1) is 5.82 Å². The number of pyridine rings is 1. The fourth-order valence-corrected chi connectivity index (χ4v) is 4.96. The summed E-state index contributed by atoms with van der Waals surface area (Å²) >= 11 is 12.0. The zero-order chi connectivity index (χ0) is 25.1. The van der Waals surface area contributed by atoms with Gasteiger partial charge in [-0.15, -0.1) is 0 Å². The van der Waals surface area contributed by atoms with Gasteiger partial charge in [0.05, 0.1) is 17.8 Å². The van der Waals surface area contributed by atoms with Crippen molar-refractivity contribution in [2.75, 3.05) is 11.9 Å². The lowest BCUT2D eigenvalue weighted by Crippen LogP contribution is -2.33. The summed E-state index contributed by atoms with van der Waals surface area (Å²) in [4.78, 5) is 19.3. The lowest BCUT2D eigenvalue weighted by Gasteiger charge is -2.29. The molecule has 1 fully saturated rings. The summed E-state index contributed by atoms with van der Waals surface area (Å²) in [6.07, 6.45) is 3.94. The molecule has 4 aromatic rings. The zero-order valence-corrected chi connectivity index (χ0v) is 20.7. The number of carbonyl (C=O) groups is 1. The molecule has 0 spiro atoms. The second kappa shape index (κ2) is 10.5. The summed E-state index contributed by atoms with van der Waals surface area (Å²) in [7, 11) is 0. The largest absolute Gasteiger partial charge is 0.352 e. The Morgan fingerprint density at radius 3 is 2.67 bits per heavy atom. The molecule has 6 nitrogen and oxygen atoms in total. The van der Waals surface area contributed by atoms with E-state index in [-0.39, 0.29) is 30.2 Å². The van der Waals surface area contributed by atoms with Crippen LogP contribution < -0.4 is 10.6 Å². The van der Waals surface area contributed by atoms with E-state index in [1.807, 2.05) is 65.7 Å². The van der Waals surface area contributed by atoms with Gasteiger partial charge < -0.3 is 20.1 Å². The van der Waals surface area contributed by atoms with Crippen LogP contribution in [0.1, 0.15) is 29.9 Å². The van der Waals surface area contributed by atoms with Gasteiger partial charge in [0.15, 0.2) is 5.11 Å². The maximum atomic E-state index is 13.2. The smallest absolute Gasteiger partial charge is 0.226 e. The number of rotatable bonds is 7. The van der Waals surface area contributed by atoms with E-state index in [4.69, 9.17) is 23.8 Å². The lowest BCUT2D eigenvalue weighted by molar-refractivity contribution is -0.116. The van der Waals surface area contributed by atoms with Crippen molar-refractivity contribution in [1.82, 2.24) is 19.8 Å². The fourth-order valence-electron chi connectivity index (χ4n) is 4.44. The van der Waals surface area contributed by atoms with Crippen molar-refractivity contribution in [3.63, 3.8) is 0 Å². The maximum absolute atomic E-state index is 13.2. The first-order valence-electron chi connectivity index (χ1n) is 11.5. The first-order valence-corrected chi connectivity index (χ1v) is 12.2. The number of carbonyl (C=O) groups excluding carboxylic acids is 1. The number of nitrogens with zero attached hydrogens (tertiary/aromatic N) is 3. The zero-order valence-electron chi connectivity index (χ0n) is 19.1. The van der Waals surface area contributed by atoms with Gasteiger partial charge in [-0.2, -0.15) is 0 Å². The van der Waals surface area contributed by atoms with Crippen molar-refractivity contribution in [2.45, 2.75) is 18.5 Å². The lowest BCUT2D eigenvalue weighted by atomic mass is 10.0. The molecule has 1 saturated heterocycles. The second-order valence-corrected chi connectivity index (χ2v) is 9.23. The van der Waals surface area contributed by atoms with Gasteiger partial charge in [0.2, 0.25) is 5.91 Å². The molecule has 182 valence electrons. The highest BCUT2D eigenvalue weighted by Crippen LogP contribution is 2.39. The van der Waals surface area contributed by atoms with Crippen molar-refractivity contribution in [3.8, 4) is 5.69 Å². The molecule has 36 heavy (non-hydrogen) atoms.